The molecule has 1 aliphatic heterocycles. The number of hydrogen-bond acceptors (Lipinski definition) is 4. The van der Waals surface area contributed by atoms with E-state index in [-0.39, 0.29) is 36.1 Å². The van der Waals surface area contributed by atoms with Crippen LogP contribution in [0.1, 0.15) is 30.9 Å². The van der Waals surface area contributed by atoms with Crippen molar-refractivity contribution in [3.8, 4) is 0 Å². The third-order valence-corrected chi connectivity index (χ3v) is 5.34. The van der Waals surface area contributed by atoms with E-state index < -0.39 is 6.04 Å². The van der Waals surface area contributed by atoms with E-state index in [4.69, 9.17) is 4.74 Å². The maximum absolute atomic E-state index is 13.6. The van der Waals surface area contributed by atoms with Gasteiger partial charge in [-0.15, -0.1) is 0 Å². The highest BCUT2D eigenvalue weighted by Gasteiger charge is 2.41. The third kappa shape index (κ3) is 4.65. The van der Waals surface area contributed by atoms with E-state index >= 15 is 0 Å². The molecule has 148 valence electrons. The molecule has 0 radical (unpaired) electrons. The van der Waals surface area contributed by atoms with Gasteiger partial charge in [0.25, 0.3) is 0 Å². The molecule has 5 heteroatoms. The van der Waals surface area contributed by atoms with Crippen molar-refractivity contribution in [2.24, 2.45) is 11.8 Å². The largest absolute Gasteiger partial charge is 0.460 e. The number of nitrogens with zero attached hydrogens (tertiary/aromatic N) is 1. The zero-order valence-corrected chi connectivity index (χ0v) is 16.3. The predicted molar refractivity (Wildman–Crippen MR) is 105 cm³/mol. The van der Waals surface area contributed by atoms with Crippen LogP contribution in [0.2, 0.25) is 0 Å². The van der Waals surface area contributed by atoms with Gasteiger partial charge in [0, 0.05) is 24.9 Å². The second-order valence-corrected chi connectivity index (χ2v) is 7.70. The molecule has 0 aromatic heterocycles. The van der Waals surface area contributed by atoms with Crippen molar-refractivity contribution in [2.75, 3.05) is 13.1 Å². The second-order valence-electron chi connectivity index (χ2n) is 7.70. The minimum absolute atomic E-state index is 0.0295. The van der Waals surface area contributed by atoms with Gasteiger partial charge in [-0.3, -0.25) is 9.69 Å². The number of esters is 1. The number of carbonyl (C=O) groups is 2. The molecule has 0 saturated carbocycles. The van der Waals surface area contributed by atoms with Gasteiger partial charge in [0.1, 0.15) is 24.8 Å². The Hall–Kier alpha value is -2.53. The van der Waals surface area contributed by atoms with Gasteiger partial charge in [-0.2, -0.15) is 0 Å². The highest BCUT2D eigenvalue weighted by atomic mass is 19.1. The van der Waals surface area contributed by atoms with Crippen molar-refractivity contribution < 1.29 is 18.7 Å². The summed E-state index contributed by atoms with van der Waals surface area (Å²) in [7, 11) is 0. The van der Waals surface area contributed by atoms with Gasteiger partial charge >= 0.3 is 5.97 Å². The minimum Gasteiger partial charge on any atom is -0.460 e. The topological polar surface area (TPSA) is 46.6 Å². The molecular formula is C23H26FNO3. The molecule has 0 N–H and O–H groups in total. The molecule has 2 aromatic carbocycles. The quantitative estimate of drug-likeness (QED) is 0.539. The van der Waals surface area contributed by atoms with Gasteiger partial charge in [-0.1, -0.05) is 56.3 Å². The van der Waals surface area contributed by atoms with Crippen LogP contribution in [0.5, 0.6) is 0 Å². The number of halogens is 1. The molecule has 0 bridgehead atoms. The fourth-order valence-electron chi connectivity index (χ4n) is 3.97. The van der Waals surface area contributed by atoms with E-state index in [0.29, 0.717) is 13.1 Å². The summed E-state index contributed by atoms with van der Waals surface area (Å²) < 4.78 is 19.2. The van der Waals surface area contributed by atoms with Crippen molar-refractivity contribution in [1.82, 2.24) is 4.90 Å². The standard InChI is InChI=1S/C23H26FNO3/c1-16(2)22(23(27)28-15-17-7-4-3-5-8-17)25-12-19(14-26)21(13-25)18-9-6-10-20(24)11-18/h3-11,14,16,19,21-22H,12-13,15H2,1-2H3. The number of aldehydes is 1. The molecule has 3 atom stereocenters. The summed E-state index contributed by atoms with van der Waals surface area (Å²) >= 11 is 0. The van der Waals surface area contributed by atoms with Gasteiger partial charge in [0.2, 0.25) is 0 Å². The van der Waals surface area contributed by atoms with Crippen LogP contribution in [-0.2, 0) is 20.9 Å². The number of benzene rings is 2. The Morgan fingerprint density at radius 1 is 1.18 bits per heavy atom. The summed E-state index contributed by atoms with van der Waals surface area (Å²) in [5.41, 5.74) is 1.72. The van der Waals surface area contributed by atoms with Crippen LogP contribution >= 0.6 is 0 Å². The van der Waals surface area contributed by atoms with Gasteiger partial charge in [0.05, 0.1) is 0 Å². The van der Waals surface area contributed by atoms with Crippen molar-refractivity contribution in [1.29, 1.82) is 0 Å². The average molecular weight is 383 g/mol. The summed E-state index contributed by atoms with van der Waals surface area (Å²) in [6.07, 6.45) is 0.919. The van der Waals surface area contributed by atoms with Crippen molar-refractivity contribution >= 4 is 12.3 Å². The first-order valence-electron chi connectivity index (χ1n) is 9.65. The fraction of sp³-hybridized carbons (Fsp3) is 0.391. The van der Waals surface area contributed by atoms with Gasteiger partial charge < -0.3 is 9.53 Å². The lowest BCUT2D eigenvalue weighted by Crippen LogP contribution is -2.44. The molecule has 0 aliphatic carbocycles. The van der Waals surface area contributed by atoms with Crippen LogP contribution in [0.25, 0.3) is 0 Å². The zero-order valence-electron chi connectivity index (χ0n) is 16.3. The molecule has 3 rings (SSSR count). The number of carbonyl (C=O) groups excluding carboxylic acids is 2. The van der Waals surface area contributed by atoms with Crippen LogP contribution in [-0.4, -0.2) is 36.3 Å². The molecular weight excluding hydrogens is 357 g/mol. The Morgan fingerprint density at radius 2 is 1.93 bits per heavy atom. The number of rotatable bonds is 7. The lowest BCUT2D eigenvalue weighted by molar-refractivity contribution is -0.153. The zero-order chi connectivity index (χ0) is 20.1. The highest BCUT2D eigenvalue weighted by Crippen LogP contribution is 2.34. The Bertz CT molecular complexity index is 809. The lowest BCUT2D eigenvalue weighted by atomic mass is 9.90. The maximum Gasteiger partial charge on any atom is 0.323 e. The lowest BCUT2D eigenvalue weighted by Gasteiger charge is -2.29. The maximum atomic E-state index is 13.6. The summed E-state index contributed by atoms with van der Waals surface area (Å²) in [4.78, 5) is 26.5. The first-order chi connectivity index (χ1) is 13.5. The Morgan fingerprint density at radius 3 is 2.57 bits per heavy atom. The molecule has 2 aromatic rings. The molecule has 1 heterocycles. The average Bonchev–Trinajstić information content (AvgIpc) is 3.11. The first-order valence-corrected chi connectivity index (χ1v) is 9.65. The summed E-state index contributed by atoms with van der Waals surface area (Å²) in [5, 5.41) is 0. The normalized spacial score (nSPS) is 20.9. The Kier molecular flexibility index (Phi) is 6.57. The summed E-state index contributed by atoms with van der Waals surface area (Å²) in [6.45, 7) is 5.16. The minimum atomic E-state index is -0.440. The summed E-state index contributed by atoms with van der Waals surface area (Å²) in [5.74, 6) is -0.977. The second kappa shape index (κ2) is 9.11. The van der Waals surface area contributed by atoms with E-state index in [1.807, 2.05) is 55.1 Å². The van der Waals surface area contributed by atoms with Gasteiger partial charge in [-0.25, -0.2) is 4.39 Å². The molecule has 4 nitrogen and oxygen atoms in total. The molecule has 0 spiro atoms. The number of likely N-dealkylation sites (tertiary alicyclic amines) is 1. The van der Waals surface area contributed by atoms with Crippen LogP contribution in [0, 0.1) is 17.7 Å². The highest BCUT2D eigenvalue weighted by molar-refractivity contribution is 5.76. The van der Waals surface area contributed by atoms with E-state index in [1.165, 1.54) is 12.1 Å². The SMILES string of the molecule is CC(C)C(C(=O)OCc1ccccc1)N1CC(C=O)C(c2cccc(F)c2)C1. The fourth-order valence-corrected chi connectivity index (χ4v) is 3.97. The number of ether oxygens (including phenoxy) is 1. The van der Waals surface area contributed by atoms with Gasteiger partial charge in [-0.05, 0) is 29.2 Å². The van der Waals surface area contributed by atoms with Crippen LogP contribution in [0.3, 0.4) is 0 Å². The molecule has 1 saturated heterocycles. The van der Waals surface area contributed by atoms with E-state index in [1.54, 1.807) is 6.07 Å². The van der Waals surface area contributed by atoms with Crippen molar-refractivity contribution in [3.63, 3.8) is 0 Å². The third-order valence-electron chi connectivity index (χ3n) is 5.34. The van der Waals surface area contributed by atoms with E-state index in [9.17, 15) is 14.0 Å². The molecule has 3 unspecified atom stereocenters. The van der Waals surface area contributed by atoms with Crippen LogP contribution in [0.4, 0.5) is 4.39 Å². The molecule has 1 fully saturated rings. The smallest absolute Gasteiger partial charge is 0.323 e. The first kappa shape index (κ1) is 20.2. The molecule has 1 aliphatic rings. The predicted octanol–water partition coefficient (Wildman–Crippen LogP) is 3.81. The number of hydrogen-bond donors (Lipinski definition) is 0. The van der Waals surface area contributed by atoms with Crippen molar-refractivity contribution in [2.45, 2.75) is 32.4 Å². The van der Waals surface area contributed by atoms with E-state index in [2.05, 4.69) is 0 Å². The molecule has 0 amide bonds. The summed E-state index contributed by atoms with van der Waals surface area (Å²) in [6, 6.07) is 15.5. The Balaban J connectivity index is 1.73. The Labute approximate surface area is 165 Å². The van der Waals surface area contributed by atoms with E-state index in [0.717, 1.165) is 17.4 Å². The van der Waals surface area contributed by atoms with Gasteiger partial charge in [0.15, 0.2) is 0 Å². The monoisotopic (exact) mass is 383 g/mol. The van der Waals surface area contributed by atoms with Crippen LogP contribution < -0.4 is 0 Å². The van der Waals surface area contributed by atoms with Crippen molar-refractivity contribution in [3.05, 3.63) is 71.5 Å². The van der Waals surface area contributed by atoms with Crippen LogP contribution in [0.15, 0.2) is 54.6 Å². The molecule has 28 heavy (non-hydrogen) atoms.